The first-order valence-corrected chi connectivity index (χ1v) is 18.8. The normalized spacial score (nSPS) is 13.9. The summed E-state index contributed by atoms with van der Waals surface area (Å²) >= 11 is 0. The Morgan fingerprint density at radius 3 is 2.24 bits per heavy atom. The van der Waals surface area contributed by atoms with Crippen LogP contribution in [-0.2, 0) is 28.0 Å². The molecule has 0 saturated carbocycles. The first-order chi connectivity index (χ1) is 26.0. The molecule has 6 rings (SSSR count). The van der Waals surface area contributed by atoms with E-state index in [2.05, 4.69) is 59.5 Å². The maximum atomic E-state index is 13.5. The number of piperazine rings is 1. The van der Waals surface area contributed by atoms with Gasteiger partial charge in [0.25, 0.3) is 0 Å². The van der Waals surface area contributed by atoms with E-state index in [1.54, 1.807) is 11.8 Å². The number of hydrogen-bond donors (Lipinski definition) is 3. The number of carbonyl (C=O) groups excluding carboxylic acids is 2. The Balaban J connectivity index is 1.12. The van der Waals surface area contributed by atoms with Gasteiger partial charge in [-0.25, -0.2) is 9.48 Å². The molecule has 0 spiro atoms. The van der Waals surface area contributed by atoms with Gasteiger partial charge >= 0.3 is 6.03 Å². The van der Waals surface area contributed by atoms with E-state index in [-0.39, 0.29) is 17.4 Å². The highest BCUT2D eigenvalue weighted by Crippen LogP contribution is 2.33. The fourth-order valence-corrected chi connectivity index (χ4v) is 6.58. The third-order valence-electron chi connectivity index (χ3n) is 9.80. The van der Waals surface area contributed by atoms with Crippen LogP contribution in [0.3, 0.4) is 0 Å². The van der Waals surface area contributed by atoms with Crippen LogP contribution in [0.4, 0.5) is 22.0 Å². The first kappa shape index (κ1) is 38.5. The van der Waals surface area contributed by atoms with Crippen molar-refractivity contribution in [2.75, 3.05) is 68.9 Å². The number of aromatic nitrogens is 2. The van der Waals surface area contributed by atoms with Gasteiger partial charge in [0.1, 0.15) is 18.2 Å². The van der Waals surface area contributed by atoms with Gasteiger partial charge in [0.05, 0.1) is 30.2 Å². The number of ether oxygens (including phenoxy) is 2. The second-order valence-electron chi connectivity index (χ2n) is 14.9. The second-order valence-corrected chi connectivity index (χ2v) is 14.9. The fraction of sp³-hybridized carbons (Fsp3) is 0.372. The lowest BCUT2D eigenvalue weighted by Gasteiger charge is -2.34. The van der Waals surface area contributed by atoms with Gasteiger partial charge in [-0.2, -0.15) is 5.10 Å². The van der Waals surface area contributed by atoms with Crippen LogP contribution in [0.25, 0.3) is 16.5 Å². The van der Waals surface area contributed by atoms with E-state index in [4.69, 9.17) is 14.6 Å². The van der Waals surface area contributed by atoms with Crippen molar-refractivity contribution in [3.8, 4) is 11.4 Å². The number of nitrogens with zero attached hydrogens (tertiary/aromatic N) is 4. The van der Waals surface area contributed by atoms with Crippen molar-refractivity contribution >= 4 is 39.9 Å². The molecule has 3 amide bonds. The molecule has 1 saturated heterocycles. The average molecular weight is 732 g/mol. The smallest absolute Gasteiger partial charge is 0.324 e. The zero-order valence-electron chi connectivity index (χ0n) is 32.4. The highest BCUT2D eigenvalue weighted by Gasteiger charge is 2.23. The third-order valence-corrected chi connectivity index (χ3v) is 9.80. The van der Waals surface area contributed by atoms with Gasteiger partial charge in [-0.05, 0) is 54.8 Å². The molecule has 11 nitrogen and oxygen atoms in total. The Kier molecular flexibility index (Phi) is 12.3. The minimum Gasteiger partial charge on any atom is -0.488 e. The van der Waals surface area contributed by atoms with Crippen LogP contribution < -0.4 is 20.7 Å². The van der Waals surface area contributed by atoms with Gasteiger partial charge < -0.3 is 20.1 Å². The zero-order valence-corrected chi connectivity index (χ0v) is 32.4. The molecule has 5 aromatic rings. The first-order valence-electron chi connectivity index (χ1n) is 18.8. The molecule has 0 unspecified atom stereocenters. The molecule has 0 atom stereocenters. The van der Waals surface area contributed by atoms with E-state index in [0.717, 1.165) is 90.3 Å². The lowest BCUT2D eigenvalue weighted by molar-refractivity contribution is -0.117. The van der Waals surface area contributed by atoms with Crippen molar-refractivity contribution in [1.82, 2.24) is 19.6 Å². The molecule has 2 heterocycles. The average Bonchev–Trinajstić information content (AvgIpc) is 3.59. The zero-order chi connectivity index (χ0) is 38.2. The van der Waals surface area contributed by atoms with Gasteiger partial charge in [0.15, 0.2) is 0 Å². The van der Waals surface area contributed by atoms with Gasteiger partial charge in [0, 0.05) is 67.8 Å². The number of amides is 3. The molecule has 54 heavy (non-hydrogen) atoms. The number of methoxy groups -OCH3 is 1. The van der Waals surface area contributed by atoms with Gasteiger partial charge in [-0.1, -0.05) is 81.8 Å². The summed E-state index contributed by atoms with van der Waals surface area (Å²) in [6.45, 7) is 16.3. The number of fused-ring (bicyclic) bond motifs is 1. The van der Waals surface area contributed by atoms with Crippen LogP contribution >= 0.6 is 0 Å². The summed E-state index contributed by atoms with van der Waals surface area (Å²) in [7, 11) is 1.72. The van der Waals surface area contributed by atoms with Crippen molar-refractivity contribution < 1.29 is 19.1 Å². The maximum Gasteiger partial charge on any atom is 0.324 e. The summed E-state index contributed by atoms with van der Waals surface area (Å²) in [5, 5.41) is 15.8. The Hall–Kier alpha value is -5.23. The van der Waals surface area contributed by atoms with Crippen molar-refractivity contribution in [2.45, 2.75) is 53.1 Å². The van der Waals surface area contributed by atoms with Crippen LogP contribution in [0.1, 0.15) is 50.1 Å². The van der Waals surface area contributed by atoms with E-state index < -0.39 is 0 Å². The van der Waals surface area contributed by atoms with Crippen LogP contribution in [0.2, 0.25) is 0 Å². The minimum absolute atomic E-state index is 0.0134. The Morgan fingerprint density at radius 2 is 1.54 bits per heavy atom. The van der Waals surface area contributed by atoms with Gasteiger partial charge in [-0.15, -0.1) is 0 Å². The van der Waals surface area contributed by atoms with Crippen LogP contribution in [0.15, 0.2) is 84.9 Å². The Labute approximate surface area is 318 Å². The number of aryl methyl sites for hydroxylation is 2. The molecular weight excluding hydrogens is 679 g/mol. The van der Waals surface area contributed by atoms with Crippen molar-refractivity contribution in [2.24, 2.45) is 0 Å². The molecule has 4 aromatic carbocycles. The third kappa shape index (κ3) is 9.65. The largest absolute Gasteiger partial charge is 0.488 e. The number of benzene rings is 4. The number of hydrogen-bond acceptors (Lipinski definition) is 7. The summed E-state index contributed by atoms with van der Waals surface area (Å²) in [4.78, 5) is 31.2. The van der Waals surface area contributed by atoms with Crippen LogP contribution in [0, 0.1) is 6.92 Å². The lowest BCUT2D eigenvalue weighted by atomic mass is 9.92. The SMILES string of the molecule is CCc1ccc(COc2ccc(NC(=O)Nc3cc(C(C)(C)C)nn3-c3ccc(C)cc3)c3ccccc23)cc1NC(=O)CN1CCN(CCOC)CC1. The Morgan fingerprint density at radius 1 is 0.815 bits per heavy atom. The number of anilines is 3. The van der Waals surface area contributed by atoms with Crippen LogP contribution in [0.5, 0.6) is 5.75 Å². The number of nitrogens with one attached hydrogen (secondary N) is 3. The minimum atomic E-state index is -0.377. The second kappa shape index (κ2) is 17.3. The van der Waals surface area contributed by atoms with Crippen molar-refractivity contribution in [3.63, 3.8) is 0 Å². The molecule has 284 valence electrons. The summed E-state index contributed by atoms with van der Waals surface area (Å²) < 4.78 is 13.4. The van der Waals surface area contributed by atoms with Gasteiger partial charge in [-0.3, -0.25) is 19.9 Å². The molecule has 1 aliphatic heterocycles. The van der Waals surface area contributed by atoms with E-state index in [1.807, 2.05) is 85.8 Å². The molecule has 1 aliphatic rings. The number of carbonyl (C=O) groups is 2. The van der Waals surface area contributed by atoms with E-state index in [0.29, 0.717) is 30.4 Å². The summed E-state index contributed by atoms with van der Waals surface area (Å²) in [5.74, 6) is 1.26. The van der Waals surface area contributed by atoms with E-state index >= 15 is 0 Å². The number of urea groups is 1. The summed E-state index contributed by atoms with van der Waals surface area (Å²) in [6, 6.07) is 27.3. The molecule has 11 heteroatoms. The molecule has 3 N–H and O–H groups in total. The molecule has 0 bridgehead atoms. The molecule has 1 aromatic heterocycles. The van der Waals surface area contributed by atoms with Crippen molar-refractivity contribution in [1.29, 1.82) is 0 Å². The highest BCUT2D eigenvalue weighted by atomic mass is 16.5. The summed E-state index contributed by atoms with van der Waals surface area (Å²) in [5.41, 5.74) is 6.16. The predicted molar refractivity (Wildman–Crippen MR) is 217 cm³/mol. The molecular formula is C43H53N7O4. The van der Waals surface area contributed by atoms with E-state index in [1.165, 1.54) is 0 Å². The summed E-state index contributed by atoms with van der Waals surface area (Å²) in [6.07, 6.45) is 0.799. The predicted octanol–water partition coefficient (Wildman–Crippen LogP) is 7.62. The molecule has 1 fully saturated rings. The van der Waals surface area contributed by atoms with Crippen molar-refractivity contribution in [3.05, 3.63) is 107 Å². The monoisotopic (exact) mass is 731 g/mol. The number of rotatable bonds is 13. The van der Waals surface area contributed by atoms with Gasteiger partial charge in [0.2, 0.25) is 5.91 Å². The molecule has 0 radical (unpaired) electrons. The fourth-order valence-electron chi connectivity index (χ4n) is 6.58. The quantitative estimate of drug-likeness (QED) is 0.114. The molecule has 0 aliphatic carbocycles. The Bertz CT molecular complexity index is 2060. The lowest BCUT2D eigenvalue weighted by Crippen LogP contribution is -2.49. The highest BCUT2D eigenvalue weighted by molar-refractivity contribution is 6.07. The standard InChI is InChI=1S/C43H53N7O4/c1-7-32-15-14-31(26-37(32)44-41(51)28-49-22-20-48(21-23-49)24-25-53-6)29-54-38-19-18-36(34-10-8-9-11-35(34)38)45-42(52)46-40-27-39(43(3,4)5)47-50(40)33-16-12-30(2)13-17-33/h8-19,26-27H,7,20-25,28-29H2,1-6H3,(H,44,51)(H2,45,46,52). The maximum absolute atomic E-state index is 13.5. The van der Waals surface area contributed by atoms with Crippen LogP contribution in [-0.4, -0.2) is 84.5 Å². The van der Waals surface area contributed by atoms with E-state index in [9.17, 15) is 9.59 Å². The topological polar surface area (TPSA) is 113 Å².